The summed E-state index contributed by atoms with van der Waals surface area (Å²) in [5.41, 5.74) is 2.83. The summed E-state index contributed by atoms with van der Waals surface area (Å²) in [5, 5.41) is 11.7. The molecular formula is C20H22N4O2S. The molecule has 0 saturated heterocycles. The number of carbonyl (C=O) groups excluding carboxylic acids is 1. The third kappa shape index (κ3) is 5.10. The molecule has 1 heterocycles. The molecule has 0 radical (unpaired) electrons. The number of nitrogens with zero attached hydrogens (tertiary/aromatic N) is 3. The third-order valence-electron chi connectivity index (χ3n) is 3.78. The lowest BCUT2D eigenvalue weighted by Crippen LogP contribution is -2.15. The molecule has 2 aromatic carbocycles. The van der Waals surface area contributed by atoms with Gasteiger partial charge in [-0.1, -0.05) is 48.5 Å². The average molecular weight is 382 g/mol. The van der Waals surface area contributed by atoms with Crippen LogP contribution in [-0.4, -0.2) is 33.0 Å². The highest BCUT2D eigenvalue weighted by atomic mass is 32.2. The van der Waals surface area contributed by atoms with Crippen molar-refractivity contribution in [3.8, 4) is 11.4 Å². The van der Waals surface area contributed by atoms with Gasteiger partial charge in [-0.3, -0.25) is 9.36 Å². The first kappa shape index (κ1) is 19.0. The minimum atomic E-state index is -0.119. The number of hydrogen-bond acceptors (Lipinski definition) is 5. The van der Waals surface area contributed by atoms with Crippen LogP contribution in [0.4, 0.5) is 5.69 Å². The summed E-state index contributed by atoms with van der Waals surface area (Å²) >= 11 is 1.34. The van der Waals surface area contributed by atoms with Crippen molar-refractivity contribution in [1.82, 2.24) is 14.8 Å². The number of amides is 1. The van der Waals surface area contributed by atoms with Gasteiger partial charge < -0.3 is 10.1 Å². The predicted molar refractivity (Wildman–Crippen MR) is 108 cm³/mol. The Kier molecular flexibility index (Phi) is 6.49. The zero-order chi connectivity index (χ0) is 19.1. The largest absolute Gasteiger partial charge is 0.491 e. The number of ether oxygens (including phenoxy) is 1. The van der Waals surface area contributed by atoms with E-state index in [-0.39, 0.29) is 11.7 Å². The Morgan fingerprint density at radius 1 is 1.19 bits per heavy atom. The molecule has 140 valence electrons. The summed E-state index contributed by atoms with van der Waals surface area (Å²) in [7, 11) is 0. The van der Waals surface area contributed by atoms with Crippen molar-refractivity contribution in [2.75, 3.05) is 17.7 Å². The maximum Gasteiger partial charge on any atom is 0.234 e. The fourth-order valence-corrected chi connectivity index (χ4v) is 3.16. The van der Waals surface area contributed by atoms with Crippen LogP contribution in [0.25, 0.3) is 5.69 Å². The van der Waals surface area contributed by atoms with Crippen LogP contribution in [0.1, 0.15) is 18.9 Å². The summed E-state index contributed by atoms with van der Waals surface area (Å²) in [6.45, 7) is 4.70. The van der Waals surface area contributed by atoms with E-state index in [1.807, 2.05) is 66.9 Å². The lowest BCUT2D eigenvalue weighted by molar-refractivity contribution is -0.113. The topological polar surface area (TPSA) is 69.0 Å². The molecule has 0 spiro atoms. The number of nitrogens with one attached hydrogen (secondary N) is 1. The van der Waals surface area contributed by atoms with E-state index < -0.39 is 0 Å². The number of thioether (sulfide) groups is 1. The predicted octanol–water partition coefficient (Wildman–Crippen LogP) is 4.10. The van der Waals surface area contributed by atoms with Crippen LogP contribution in [0.5, 0.6) is 5.75 Å². The zero-order valence-electron chi connectivity index (χ0n) is 15.4. The SMILES string of the molecule is CCCOc1ccccc1NC(=O)CSc1nncn1-c1ccc(C)cc1. The Morgan fingerprint density at radius 3 is 2.74 bits per heavy atom. The minimum absolute atomic E-state index is 0.119. The van der Waals surface area contributed by atoms with Crippen molar-refractivity contribution in [2.24, 2.45) is 0 Å². The Bertz CT molecular complexity index is 893. The van der Waals surface area contributed by atoms with Crippen LogP contribution in [0.15, 0.2) is 60.0 Å². The van der Waals surface area contributed by atoms with Crippen molar-refractivity contribution in [2.45, 2.75) is 25.4 Å². The van der Waals surface area contributed by atoms with E-state index >= 15 is 0 Å². The van der Waals surface area contributed by atoms with Crippen molar-refractivity contribution in [3.05, 3.63) is 60.4 Å². The van der Waals surface area contributed by atoms with Gasteiger partial charge in [0.2, 0.25) is 5.91 Å². The van der Waals surface area contributed by atoms with Crippen LogP contribution < -0.4 is 10.1 Å². The molecule has 0 fully saturated rings. The lowest BCUT2D eigenvalue weighted by Gasteiger charge is -2.12. The molecule has 3 aromatic rings. The summed E-state index contributed by atoms with van der Waals surface area (Å²) in [5.74, 6) is 0.790. The molecule has 1 amide bonds. The first-order chi connectivity index (χ1) is 13.2. The minimum Gasteiger partial charge on any atom is -0.491 e. The van der Waals surface area contributed by atoms with Gasteiger partial charge in [-0.05, 0) is 37.6 Å². The Hall–Kier alpha value is -2.80. The van der Waals surface area contributed by atoms with Crippen molar-refractivity contribution in [1.29, 1.82) is 0 Å². The maximum absolute atomic E-state index is 12.4. The smallest absolute Gasteiger partial charge is 0.234 e. The number of anilines is 1. The second kappa shape index (κ2) is 9.23. The molecule has 0 unspecified atom stereocenters. The first-order valence-electron chi connectivity index (χ1n) is 8.79. The molecule has 0 atom stereocenters. The molecule has 0 bridgehead atoms. The van der Waals surface area contributed by atoms with Gasteiger partial charge in [0.05, 0.1) is 18.0 Å². The van der Waals surface area contributed by atoms with E-state index in [9.17, 15) is 4.79 Å². The standard InChI is InChI=1S/C20H22N4O2S/c1-3-12-26-18-7-5-4-6-17(18)22-19(25)13-27-20-23-21-14-24(20)16-10-8-15(2)9-11-16/h4-11,14H,3,12-13H2,1-2H3,(H,22,25). The number of benzene rings is 2. The van der Waals surface area contributed by atoms with Gasteiger partial charge in [0.15, 0.2) is 5.16 Å². The molecule has 1 N–H and O–H groups in total. The number of para-hydroxylation sites is 2. The normalized spacial score (nSPS) is 10.6. The van der Waals surface area contributed by atoms with E-state index in [1.54, 1.807) is 6.33 Å². The van der Waals surface area contributed by atoms with Gasteiger partial charge in [-0.25, -0.2) is 0 Å². The fraction of sp³-hybridized carbons (Fsp3) is 0.250. The molecule has 1 aromatic heterocycles. The second-order valence-electron chi connectivity index (χ2n) is 6.00. The lowest BCUT2D eigenvalue weighted by atomic mass is 10.2. The van der Waals surface area contributed by atoms with E-state index in [0.717, 1.165) is 12.1 Å². The Labute approximate surface area is 163 Å². The molecule has 0 aliphatic carbocycles. The molecule has 3 rings (SSSR count). The van der Waals surface area contributed by atoms with Gasteiger partial charge in [0.1, 0.15) is 12.1 Å². The maximum atomic E-state index is 12.4. The second-order valence-corrected chi connectivity index (χ2v) is 6.94. The number of hydrogen-bond donors (Lipinski definition) is 1. The summed E-state index contributed by atoms with van der Waals surface area (Å²) < 4.78 is 7.55. The Morgan fingerprint density at radius 2 is 1.96 bits per heavy atom. The van der Waals surface area contributed by atoms with Gasteiger partial charge in [-0.2, -0.15) is 0 Å². The van der Waals surface area contributed by atoms with E-state index in [2.05, 4.69) is 15.5 Å². The quantitative estimate of drug-likeness (QED) is 0.594. The van der Waals surface area contributed by atoms with Gasteiger partial charge in [-0.15, -0.1) is 10.2 Å². The van der Waals surface area contributed by atoms with E-state index in [1.165, 1.54) is 17.3 Å². The Balaban J connectivity index is 1.62. The average Bonchev–Trinajstić information content (AvgIpc) is 3.15. The first-order valence-corrected chi connectivity index (χ1v) is 9.77. The number of carbonyl (C=O) groups is 1. The molecule has 7 heteroatoms. The van der Waals surface area contributed by atoms with Crippen LogP contribution in [0.2, 0.25) is 0 Å². The monoisotopic (exact) mass is 382 g/mol. The zero-order valence-corrected chi connectivity index (χ0v) is 16.2. The number of rotatable bonds is 8. The van der Waals surface area contributed by atoms with Crippen molar-refractivity contribution >= 4 is 23.4 Å². The van der Waals surface area contributed by atoms with Crippen LogP contribution in [-0.2, 0) is 4.79 Å². The highest BCUT2D eigenvalue weighted by Gasteiger charge is 2.12. The number of aryl methyl sites for hydroxylation is 1. The molecular weight excluding hydrogens is 360 g/mol. The van der Waals surface area contributed by atoms with Crippen LogP contribution in [0, 0.1) is 6.92 Å². The van der Waals surface area contributed by atoms with Crippen molar-refractivity contribution in [3.63, 3.8) is 0 Å². The molecule has 0 saturated carbocycles. The van der Waals surface area contributed by atoms with Crippen LogP contribution >= 0.6 is 11.8 Å². The van der Waals surface area contributed by atoms with E-state index in [4.69, 9.17) is 4.74 Å². The third-order valence-corrected chi connectivity index (χ3v) is 4.73. The van der Waals surface area contributed by atoms with Gasteiger partial charge >= 0.3 is 0 Å². The summed E-state index contributed by atoms with van der Waals surface area (Å²) in [6.07, 6.45) is 2.56. The van der Waals surface area contributed by atoms with Crippen molar-refractivity contribution < 1.29 is 9.53 Å². The molecule has 0 aliphatic rings. The van der Waals surface area contributed by atoms with Gasteiger partial charge in [0.25, 0.3) is 0 Å². The molecule has 6 nitrogen and oxygen atoms in total. The van der Waals surface area contributed by atoms with E-state index in [0.29, 0.717) is 23.2 Å². The fourth-order valence-electron chi connectivity index (χ4n) is 2.43. The highest BCUT2D eigenvalue weighted by Crippen LogP contribution is 2.25. The molecule has 27 heavy (non-hydrogen) atoms. The van der Waals surface area contributed by atoms with Gasteiger partial charge in [0, 0.05) is 5.69 Å². The van der Waals surface area contributed by atoms with Crippen LogP contribution in [0.3, 0.4) is 0 Å². The summed E-state index contributed by atoms with van der Waals surface area (Å²) in [4.78, 5) is 12.4. The highest BCUT2D eigenvalue weighted by molar-refractivity contribution is 7.99. The number of aromatic nitrogens is 3. The molecule has 0 aliphatic heterocycles. The summed E-state index contributed by atoms with van der Waals surface area (Å²) in [6, 6.07) is 15.5.